The average molecular weight is 439 g/mol. The number of aromatic nitrogens is 2. The quantitative estimate of drug-likeness (QED) is 0.414. The third kappa shape index (κ3) is 4.31. The first-order valence-electron chi connectivity index (χ1n) is 10.5. The lowest BCUT2D eigenvalue weighted by atomic mass is 9.87. The van der Waals surface area contributed by atoms with E-state index in [1.54, 1.807) is 19.2 Å². The maximum absolute atomic E-state index is 13.3. The number of aliphatic imine (C=N–C) groups is 1. The summed E-state index contributed by atoms with van der Waals surface area (Å²) in [5.74, 6) is 0.356. The van der Waals surface area contributed by atoms with E-state index < -0.39 is 18.0 Å². The van der Waals surface area contributed by atoms with Gasteiger partial charge in [0, 0.05) is 16.8 Å². The number of para-hydroxylation sites is 1. The first-order valence-corrected chi connectivity index (χ1v) is 10.5. The van der Waals surface area contributed by atoms with Crippen molar-refractivity contribution in [3.8, 4) is 11.5 Å². The van der Waals surface area contributed by atoms with Gasteiger partial charge in [-0.25, -0.2) is 9.79 Å². The molecule has 0 radical (unpaired) electrons. The van der Waals surface area contributed by atoms with Crippen LogP contribution in [0.1, 0.15) is 18.5 Å². The molecule has 2 heterocycles. The second-order valence-electron chi connectivity index (χ2n) is 7.81. The van der Waals surface area contributed by atoms with E-state index in [0.29, 0.717) is 22.9 Å². The van der Waals surface area contributed by atoms with Crippen LogP contribution in [0.25, 0.3) is 10.9 Å². The van der Waals surface area contributed by atoms with Crippen molar-refractivity contribution in [2.24, 2.45) is 10.9 Å². The number of carbonyl (C=O) groups is 2. The Morgan fingerprint density at radius 1 is 1.00 bits per heavy atom. The van der Waals surface area contributed by atoms with Crippen LogP contribution in [-0.4, -0.2) is 27.8 Å². The minimum absolute atomic E-state index is 0.265. The fraction of sp³-hybridized carbons (Fsp3) is 0.120. The highest BCUT2D eigenvalue weighted by Crippen LogP contribution is 2.32. The molecule has 1 aliphatic heterocycles. The third-order valence-corrected chi connectivity index (χ3v) is 5.53. The van der Waals surface area contributed by atoms with Crippen LogP contribution in [0.3, 0.4) is 0 Å². The topological polar surface area (TPSA) is 108 Å². The van der Waals surface area contributed by atoms with Gasteiger partial charge in [-0.15, -0.1) is 0 Å². The summed E-state index contributed by atoms with van der Waals surface area (Å²) in [5.41, 5.74) is 2.71. The van der Waals surface area contributed by atoms with Crippen molar-refractivity contribution in [2.45, 2.75) is 13.0 Å². The van der Waals surface area contributed by atoms with Gasteiger partial charge < -0.3 is 15.4 Å². The molecule has 5 rings (SSSR count). The Hall–Kier alpha value is -4.46. The van der Waals surface area contributed by atoms with Crippen LogP contribution in [-0.2, 0) is 4.79 Å². The molecule has 0 spiro atoms. The van der Waals surface area contributed by atoms with Crippen molar-refractivity contribution in [1.29, 1.82) is 0 Å². The zero-order valence-electron chi connectivity index (χ0n) is 17.8. The highest BCUT2D eigenvalue weighted by molar-refractivity contribution is 6.13. The van der Waals surface area contributed by atoms with E-state index >= 15 is 0 Å². The zero-order valence-corrected chi connectivity index (χ0v) is 17.8. The van der Waals surface area contributed by atoms with Crippen molar-refractivity contribution >= 4 is 34.2 Å². The highest BCUT2D eigenvalue weighted by Gasteiger charge is 2.37. The lowest BCUT2D eigenvalue weighted by Gasteiger charge is -2.30. The Labute approximate surface area is 189 Å². The number of nitrogens with one attached hydrogen (secondary N) is 3. The number of nitrogens with zero attached hydrogens (tertiary/aromatic N) is 2. The molecule has 2 atom stereocenters. The van der Waals surface area contributed by atoms with Crippen LogP contribution in [0.5, 0.6) is 11.5 Å². The van der Waals surface area contributed by atoms with Crippen LogP contribution >= 0.6 is 0 Å². The molecule has 8 heteroatoms. The summed E-state index contributed by atoms with van der Waals surface area (Å²) in [7, 11) is 0. The molecule has 3 N–H and O–H groups in total. The third-order valence-electron chi connectivity index (χ3n) is 5.53. The Kier molecular flexibility index (Phi) is 5.32. The molecule has 4 aromatic rings. The van der Waals surface area contributed by atoms with Crippen molar-refractivity contribution in [2.75, 3.05) is 5.32 Å². The maximum atomic E-state index is 13.3. The molecule has 8 nitrogen and oxygen atoms in total. The normalized spacial score (nSPS) is 17.8. The van der Waals surface area contributed by atoms with E-state index in [9.17, 15) is 9.59 Å². The molecule has 0 saturated carbocycles. The number of aromatic amines is 1. The van der Waals surface area contributed by atoms with Crippen LogP contribution in [0.4, 0.5) is 10.5 Å². The predicted octanol–water partition coefficient (Wildman–Crippen LogP) is 4.84. The molecule has 0 fully saturated rings. The molecule has 1 aliphatic rings. The standard InChI is InChI=1S/C25H21N5O3/c1-15-22(24(31)28-18-10-11-21-17(12-18)14-26-30-21)23(29-25(32)27-15)16-6-5-9-20(13-16)33-19-7-3-2-4-8-19/h2-14,22-23H,1H3,(H,26,30)(H,28,31)(H,29,32). The van der Waals surface area contributed by atoms with Crippen LogP contribution in [0, 0.1) is 5.92 Å². The molecule has 0 bridgehead atoms. The molecule has 3 aromatic carbocycles. The monoisotopic (exact) mass is 439 g/mol. The van der Waals surface area contributed by atoms with Crippen molar-refractivity contribution < 1.29 is 14.3 Å². The van der Waals surface area contributed by atoms with Gasteiger partial charge in [-0.2, -0.15) is 5.10 Å². The van der Waals surface area contributed by atoms with Gasteiger partial charge in [0.05, 0.1) is 17.8 Å². The molecular weight excluding hydrogens is 418 g/mol. The molecule has 3 amide bonds. The van der Waals surface area contributed by atoms with E-state index in [0.717, 1.165) is 16.5 Å². The second-order valence-corrected chi connectivity index (χ2v) is 7.81. The van der Waals surface area contributed by atoms with Crippen LogP contribution in [0.2, 0.25) is 0 Å². The number of hydrogen-bond donors (Lipinski definition) is 3. The number of fused-ring (bicyclic) bond motifs is 1. The van der Waals surface area contributed by atoms with Gasteiger partial charge in [0.25, 0.3) is 0 Å². The van der Waals surface area contributed by atoms with Crippen molar-refractivity contribution in [1.82, 2.24) is 15.5 Å². The summed E-state index contributed by atoms with van der Waals surface area (Å²) in [5, 5.41) is 13.6. The fourth-order valence-corrected chi connectivity index (χ4v) is 3.97. The Balaban J connectivity index is 1.43. The largest absolute Gasteiger partial charge is 0.457 e. The molecule has 33 heavy (non-hydrogen) atoms. The van der Waals surface area contributed by atoms with Gasteiger partial charge in [-0.3, -0.25) is 9.89 Å². The Morgan fingerprint density at radius 3 is 2.67 bits per heavy atom. The molecule has 0 aliphatic carbocycles. The Morgan fingerprint density at radius 2 is 1.82 bits per heavy atom. The summed E-state index contributed by atoms with van der Waals surface area (Å²) in [6, 6.07) is 21.2. The maximum Gasteiger partial charge on any atom is 0.341 e. The first-order chi connectivity index (χ1) is 16.1. The van der Waals surface area contributed by atoms with E-state index in [1.165, 1.54) is 0 Å². The minimum atomic E-state index is -0.685. The van der Waals surface area contributed by atoms with Gasteiger partial charge in [-0.05, 0) is 55.0 Å². The van der Waals surface area contributed by atoms with Gasteiger partial charge in [0.1, 0.15) is 17.4 Å². The summed E-state index contributed by atoms with van der Waals surface area (Å²) in [6.07, 6.45) is 1.69. The van der Waals surface area contributed by atoms with E-state index in [4.69, 9.17) is 4.74 Å². The number of amides is 3. The summed E-state index contributed by atoms with van der Waals surface area (Å²) in [4.78, 5) is 29.5. The SMILES string of the molecule is CC1=NC(=O)NC(c2cccc(Oc3ccccc3)c2)C1C(=O)Nc1ccc2[nH]ncc2c1. The number of H-pyrrole nitrogens is 1. The molecule has 0 saturated heterocycles. The summed E-state index contributed by atoms with van der Waals surface area (Å²) < 4.78 is 5.94. The number of urea groups is 1. The fourth-order valence-electron chi connectivity index (χ4n) is 3.97. The van der Waals surface area contributed by atoms with E-state index in [-0.39, 0.29) is 5.91 Å². The molecule has 1 aromatic heterocycles. The first kappa shape index (κ1) is 20.4. The van der Waals surface area contributed by atoms with Crippen molar-refractivity contribution in [3.63, 3.8) is 0 Å². The Bertz CT molecular complexity index is 1360. The molecule has 164 valence electrons. The van der Waals surface area contributed by atoms with Crippen LogP contribution < -0.4 is 15.4 Å². The van der Waals surface area contributed by atoms with Gasteiger partial charge in [0.2, 0.25) is 5.91 Å². The van der Waals surface area contributed by atoms with Gasteiger partial charge in [0.15, 0.2) is 0 Å². The van der Waals surface area contributed by atoms with Gasteiger partial charge >= 0.3 is 6.03 Å². The van der Waals surface area contributed by atoms with Gasteiger partial charge in [-0.1, -0.05) is 30.3 Å². The second kappa shape index (κ2) is 8.58. The highest BCUT2D eigenvalue weighted by atomic mass is 16.5. The number of rotatable bonds is 5. The summed E-state index contributed by atoms with van der Waals surface area (Å²) in [6.45, 7) is 1.69. The number of ether oxygens (including phenoxy) is 1. The van der Waals surface area contributed by atoms with E-state index in [2.05, 4.69) is 25.8 Å². The van der Waals surface area contributed by atoms with Crippen LogP contribution in [0.15, 0.2) is 84.0 Å². The smallest absolute Gasteiger partial charge is 0.341 e. The van der Waals surface area contributed by atoms with Crippen molar-refractivity contribution in [3.05, 3.63) is 84.6 Å². The number of anilines is 1. The lowest BCUT2D eigenvalue weighted by Crippen LogP contribution is -2.45. The zero-order chi connectivity index (χ0) is 22.8. The number of benzene rings is 3. The average Bonchev–Trinajstić information content (AvgIpc) is 3.27. The lowest BCUT2D eigenvalue weighted by molar-refractivity contribution is -0.118. The minimum Gasteiger partial charge on any atom is -0.457 e. The number of hydrogen-bond acceptors (Lipinski definition) is 4. The predicted molar refractivity (Wildman–Crippen MR) is 126 cm³/mol. The molecule has 2 unspecified atom stereocenters. The summed E-state index contributed by atoms with van der Waals surface area (Å²) >= 11 is 0. The number of carbonyl (C=O) groups excluding carboxylic acids is 2. The molecular formula is C25H21N5O3. The van der Waals surface area contributed by atoms with E-state index in [1.807, 2.05) is 66.7 Å².